The largest absolute Gasteiger partial charge is 0.480 e. The van der Waals surface area contributed by atoms with Crippen LogP contribution in [0.3, 0.4) is 0 Å². The Morgan fingerprint density at radius 3 is 2.71 bits per heavy atom. The van der Waals surface area contributed by atoms with Crippen LogP contribution in [0.15, 0.2) is 36.5 Å². The highest BCUT2D eigenvalue weighted by Crippen LogP contribution is 2.40. The van der Waals surface area contributed by atoms with Gasteiger partial charge in [0.05, 0.1) is 19.0 Å². The first-order chi connectivity index (χ1) is 15.1. The molecule has 0 amide bonds. The molecule has 2 fully saturated rings. The number of hydrogen-bond acceptors (Lipinski definition) is 8. The van der Waals surface area contributed by atoms with Crippen molar-refractivity contribution >= 4 is 23.2 Å². The number of ether oxygens (including phenoxy) is 2. The van der Waals surface area contributed by atoms with Gasteiger partial charge in [0.15, 0.2) is 0 Å². The molecule has 162 valence electrons. The highest BCUT2D eigenvalue weighted by Gasteiger charge is 2.42. The minimum atomic E-state index is 0.328. The maximum atomic E-state index is 6.04. The van der Waals surface area contributed by atoms with Gasteiger partial charge >= 0.3 is 6.01 Å². The number of methoxy groups -OCH3 is 1. The molecule has 3 atom stereocenters. The van der Waals surface area contributed by atoms with Crippen molar-refractivity contribution in [1.82, 2.24) is 25.0 Å². The standard InChI is InChI=1S/C21H24ClN7O2/c1-28-21(31-17-5-3-4-15(22)8-17)25-20(27-28)24-19-13-6-7-14(19)12-29(11-13)16-9-18(30-2)26-23-10-16/h3-5,8-10,13-14,19H,6-7,11-12H2,1-2H3,(H,24,27)/t13-,14+,19-. The van der Waals surface area contributed by atoms with E-state index >= 15 is 0 Å². The quantitative estimate of drug-likeness (QED) is 0.622. The highest BCUT2D eigenvalue weighted by atomic mass is 35.5. The van der Waals surface area contributed by atoms with E-state index in [4.69, 9.17) is 21.1 Å². The zero-order chi connectivity index (χ0) is 21.4. The predicted molar refractivity (Wildman–Crippen MR) is 117 cm³/mol. The Bertz CT molecular complexity index is 1060. The molecule has 1 saturated carbocycles. The van der Waals surface area contributed by atoms with Crippen LogP contribution in [0, 0.1) is 11.8 Å². The summed E-state index contributed by atoms with van der Waals surface area (Å²) >= 11 is 6.04. The van der Waals surface area contributed by atoms with Crippen LogP contribution in [0.5, 0.6) is 17.6 Å². The van der Waals surface area contributed by atoms with Crippen LogP contribution in [-0.2, 0) is 7.05 Å². The number of fused-ring (bicyclic) bond motifs is 2. The summed E-state index contributed by atoms with van der Waals surface area (Å²) in [6.45, 7) is 1.89. The number of nitrogens with one attached hydrogen (secondary N) is 1. The number of hydrogen-bond donors (Lipinski definition) is 1. The minimum absolute atomic E-state index is 0.328. The normalized spacial score (nSPS) is 22.4. The first kappa shape index (κ1) is 19.9. The smallest absolute Gasteiger partial charge is 0.321 e. The van der Waals surface area contributed by atoms with Crippen molar-refractivity contribution in [2.45, 2.75) is 18.9 Å². The Kier molecular flexibility index (Phi) is 5.27. The van der Waals surface area contributed by atoms with Gasteiger partial charge in [-0.15, -0.1) is 10.2 Å². The molecular weight excluding hydrogens is 418 g/mol. The fourth-order valence-electron chi connectivity index (χ4n) is 4.58. The van der Waals surface area contributed by atoms with Crippen LogP contribution in [0.4, 0.5) is 11.6 Å². The first-order valence-electron chi connectivity index (χ1n) is 10.3. The molecule has 0 unspecified atom stereocenters. The Morgan fingerprint density at radius 2 is 1.97 bits per heavy atom. The molecule has 3 aromatic rings. The summed E-state index contributed by atoms with van der Waals surface area (Å²) in [6, 6.07) is 9.93. The summed E-state index contributed by atoms with van der Waals surface area (Å²) in [7, 11) is 3.43. The van der Waals surface area contributed by atoms with Crippen molar-refractivity contribution in [3.05, 3.63) is 41.6 Å². The molecule has 0 spiro atoms. The van der Waals surface area contributed by atoms with Gasteiger partial charge in [0.25, 0.3) is 0 Å². The summed E-state index contributed by atoms with van der Waals surface area (Å²) in [5.74, 6) is 2.75. The van der Waals surface area contributed by atoms with Gasteiger partial charge < -0.3 is 19.7 Å². The minimum Gasteiger partial charge on any atom is -0.480 e. The van der Waals surface area contributed by atoms with Crippen LogP contribution in [0.1, 0.15) is 12.8 Å². The van der Waals surface area contributed by atoms with E-state index in [2.05, 4.69) is 30.5 Å². The van der Waals surface area contributed by atoms with Crippen LogP contribution in [0.2, 0.25) is 5.02 Å². The van der Waals surface area contributed by atoms with E-state index in [9.17, 15) is 0 Å². The number of halogens is 1. The molecule has 5 rings (SSSR count). The third-order valence-corrected chi connectivity index (χ3v) is 6.28. The summed E-state index contributed by atoms with van der Waals surface area (Å²) in [5, 5.41) is 16.7. The van der Waals surface area contributed by atoms with Crippen molar-refractivity contribution in [2.24, 2.45) is 18.9 Å². The fraction of sp³-hybridized carbons (Fsp3) is 0.429. The second-order valence-electron chi connectivity index (χ2n) is 8.03. The van der Waals surface area contributed by atoms with Gasteiger partial charge in [-0.25, -0.2) is 4.68 Å². The lowest BCUT2D eigenvalue weighted by molar-refractivity contribution is 0.373. The molecule has 10 heteroatoms. The van der Waals surface area contributed by atoms with Gasteiger partial charge in [-0.1, -0.05) is 17.7 Å². The second-order valence-corrected chi connectivity index (χ2v) is 8.47. The van der Waals surface area contributed by atoms with E-state index in [0.29, 0.717) is 46.5 Å². The van der Waals surface area contributed by atoms with E-state index in [1.165, 1.54) is 12.8 Å². The molecule has 9 nitrogen and oxygen atoms in total. The maximum Gasteiger partial charge on any atom is 0.321 e. The summed E-state index contributed by atoms with van der Waals surface area (Å²) in [4.78, 5) is 6.92. The van der Waals surface area contributed by atoms with Gasteiger partial charge in [-0.05, 0) is 42.9 Å². The SMILES string of the molecule is COc1cc(N2C[C@H]3CC[C@@H](C2)[C@@H]3Nc2nc(Oc3cccc(Cl)c3)n(C)n2)cnn1. The predicted octanol–water partition coefficient (Wildman–Crippen LogP) is 3.39. The van der Waals surface area contributed by atoms with E-state index in [0.717, 1.165) is 18.8 Å². The molecule has 1 aromatic carbocycles. The third-order valence-electron chi connectivity index (χ3n) is 6.05. The van der Waals surface area contributed by atoms with Gasteiger partial charge in [-0.3, -0.25) is 0 Å². The number of rotatable bonds is 6. The molecule has 0 radical (unpaired) electrons. The Balaban J connectivity index is 1.27. The Labute approximate surface area is 185 Å². The molecule has 1 saturated heterocycles. The number of piperidine rings is 1. The molecule has 31 heavy (non-hydrogen) atoms. The van der Waals surface area contributed by atoms with Crippen molar-refractivity contribution in [3.8, 4) is 17.6 Å². The first-order valence-corrected chi connectivity index (χ1v) is 10.7. The summed E-state index contributed by atoms with van der Waals surface area (Å²) < 4.78 is 12.7. The molecular formula is C21H24ClN7O2. The molecule has 3 heterocycles. The summed E-state index contributed by atoms with van der Waals surface area (Å²) in [6.07, 6.45) is 4.15. The van der Waals surface area contributed by atoms with Gasteiger partial charge in [0.1, 0.15) is 5.75 Å². The number of anilines is 2. The third kappa shape index (κ3) is 4.10. The number of aryl methyl sites for hydroxylation is 1. The zero-order valence-corrected chi connectivity index (χ0v) is 18.2. The maximum absolute atomic E-state index is 6.04. The number of aromatic nitrogens is 5. The second kappa shape index (κ2) is 8.22. The van der Waals surface area contributed by atoms with Crippen LogP contribution < -0.4 is 19.7 Å². The number of nitrogens with zero attached hydrogens (tertiary/aromatic N) is 6. The van der Waals surface area contributed by atoms with E-state index in [1.807, 2.05) is 25.2 Å². The lowest BCUT2D eigenvalue weighted by atomic mass is 9.92. The van der Waals surface area contributed by atoms with Gasteiger partial charge in [0, 0.05) is 37.3 Å². The molecule has 1 N–H and O–H groups in total. The molecule has 1 aliphatic heterocycles. The van der Waals surface area contributed by atoms with E-state index in [1.54, 1.807) is 30.1 Å². The average Bonchev–Trinajstić information content (AvgIpc) is 3.21. The lowest BCUT2D eigenvalue weighted by Crippen LogP contribution is -2.48. The monoisotopic (exact) mass is 441 g/mol. The Morgan fingerprint density at radius 1 is 1.16 bits per heavy atom. The van der Waals surface area contributed by atoms with Crippen LogP contribution in [0.25, 0.3) is 0 Å². The molecule has 1 aliphatic carbocycles. The average molecular weight is 442 g/mol. The molecule has 2 aromatic heterocycles. The topological polar surface area (TPSA) is 90.2 Å². The van der Waals surface area contributed by atoms with E-state index in [-0.39, 0.29) is 0 Å². The van der Waals surface area contributed by atoms with Crippen molar-refractivity contribution in [2.75, 3.05) is 30.4 Å². The van der Waals surface area contributed by atoms with Crippen LogP contribution >= 0.6 is 11.6 Å². The number of benzene rings is 1. The van der Waals surface area contributed by atoms with Crippen molar-refractivity contribution in [1.29, 1.82) is 0 Å². The van der Waals surface area contributed by atoms with Gasteiger partial charge in [0.2, 0.25) is 11.8 Å². The van der Waals surface area contributed by atoms with Crippen LogP contribution in [-0.4, -0.2) is 51.2 Å². The lowest BCUT2D eigenvalue weighted by Gasteiger charge is -2.39. The summed E-state index contributed by atoms with van der Waals surface area (Å²) in [5.41, 5.74) is 1.05. The molecule has 2 aliphatic rings. The van der Waals surface area contributed by atoms with Gasteiger partial charge in [-0.2, -0.15) is 10.1 Å². The highest BCUT2D eigenvalue weighted by molar-refractivity contribution is 6.30. The zero-order valence-electron chi connectivity index (χ0n) is 17.4. The Hall–Kier alpha value is -3.07. The van der Waals surface area contributed by atoms with Crippen molar-refractivity contribution < 1.29 is 9.47 Å². The molecule has 2 bridgehead atoms. The fourth-order valence-corrected chi connectivity index (χ4v) is 4.76. The van der Waals surface area contributed by atoms with Crippen molar-refractivity contribution in [3.63, 3.8) is 0 Å². The van der Waals surface area contributed by atoms with E-state index < -0.39 is 0 Å².